The lowest BCUT2D eigenvalue weighted by Crippen LogP contribution is -2.36. The van der Waals surface area contributed by atoms with Crippen LogP contribution in [0.1, 0.15) is 27.9 Å². The summed E-state index contributed by atoms with van der Waals surface area (Å²) in [4.78, 5) is 14.2. The van der Waals surface area contributed by atoms with Gasteiger partial charge in [-0.15, -0.1) is 0 Å². The normalized spacial score (nSPS) is 14.3. The molecule has 0 radical (unpaired) electrons. The summed E-state index contributed by atoms with van der Waals surface area (Å²) in [5.41, 5.74) is 3.07. The van der Waals surface area contributed by atoms with E-state index < -0.39 is 0 Å². The molecule has 98 valence electrons. The van der Waals surface area contributed by atoms with Gasteiger partial charge in [-0.05, 0) is 49.1 Å². The van der Waals surface area contributed by atoms with Crippen molar-refractivity contribution in [3.8, 4) is 0 Å². The summed E-state index contributed by atoms with van der Waals surface area (Å²) >= 11 is 0. The van der Waals surface area contributed by atoms with E-state index in [1.54, 1.807) is 11.0 Å². The van der Waals surface area contributed by atoms with Crippen molar-refractivity contribution in [2.45, 2.75) is 19.8 Å². The third kappa shape index (κ3) is 2.03. The lowest BCUT2D eigenvalue weighted by molar-refractivity contribution is 0.0984. The van der Waals surface area contributed by atoms with E-state index >= 15 is 0 Å². The standard InChI is InChI=1S/C15H14FNO2/c1-10-7-13(16)8-11-3-2-5-17(14(10)11)15(18)12-4-6-19-9-12/h4,6-9H,2-3,5H2,1H3. The minimum atomic E-state index is -0.242. The number of hydrogen-bond donors (Lipinski definition) is 0. The number of amides is 1. The van der Waals surface area contributed by atoms with Crippen LogP contribution >= 0.6 is 0 Å². The third-order valence-corrected chi connectivity index (χ3v) is 3.46. The molecule has 19 heavy (non-hydrogen) atoms. The van der Waals surface area contributed by atoms with Gasteiger partial charge in [0.25, 0.3) is 5.91 Å². The molecule has 0 saturated carbocycles. The lowest BCUT2D eigenvalue weighted by Gasteiger charge is -2.30. The molecule has 0 fully saturated rings. The summed E-state index contributed by atoms with van der Waals surface area (Å²) in [6.45, 7) is 2.49. The van der Waals surface area contributed by atoms with Crippen LogP contribution in [0.15, 0.2) is 35.1 Å². The number of furan rings is 1. The molecule has 2 aromatic rings. The Morgan fingerprint density at radius 1 is 1.42 bits per heavy atom. The first-order chi connectivity index (χ1) is 9.16. The van der Waals surface area contributed by atoms with Gasteiger partial charge >= 0.3 is 0 Å². The van der Waals surface area contributed by atoms with E-state index in [0.717, 1.165) is 29.7 Å². The van der Waals surface area contributed by atoms with Crippen LogP contribution in [0.25, 0.3) is 0 Å². The monoisotopic (exact) mass is 259 g/mol. The average molecular weight is 259 g/mol. The Kier molecular flexibility index (Phi) is 2.85. The van der Waals surface area contributed by atoms with Crippen molar-refractivity contribution >= 4 is 11.6 Å². The Labute approximate surface area is 110 Å². The fourth-order valence-electron chi connectivity index (χ4n) is 2.67. The summed E-state index contributed by atoms with van der Waals surface area (Å²) in [6.07, 6.45) is 4.58. The van der Waals surface area contributed by atoms with E-state index in [1.807, 2.05) is 6.92 Å². The van der Waals surface area contributed by atoms with Crippen LogP contribution in [0.2, 0.25) is 0 Å². The predicted octanol–water partition coefficient (Wildman–Crippen LogP) is 3.32. The van der Waals surface area contributed by atoms with Crippen molar-refractivity contribution in [3.05, 3.63) is 53.2 Å². The first-order valence-electron chi connectivity index (χ1n) is 6.30. The molecule has 0 unspecified atom stereocenters. The highest BCUT2D eigenvalue weighted by atomic mass is 19.1. The van der Waals surface area contributed by atoms with Crippen molar-refractivity contribution in [2.24, 2.45) is 0 Å². The average Bonchev–Trinajstić information content (AvgIpc) is 2.90. The number of anilines is 1. The molecule has 2 heterocycles. The molecule has 4 heteroatoms. The third-order valence-electron chi connectivity index (χ3n) is 3.46. The van der Waals surface area contributed by atoms with Gasteiger partial charge in [-0.3, -0.25) is 4.79 Å². The molecule has 0 bridgehead atoms. The molecular weight excluding hydrogens is 245 g/mol. The number of carbonyl (C=O) groups excluding carboxylic acids is 1. The molecule has 3 rings (SSSR count). The largest absolute Gasteiger partial charge is 0.472 e. The highest BCUT2D eigenvalue weighted by Crippen LogP contribution is 2.32. The molecule has 1 aromatic heterocycles. The summed E-state index contributed by atoms with van der Waals surface area (Å²) in [5, 5.41) is 0. The molecule has 3 nitrogen and oxygen atoms in total. The van der Waals surface area contributed by atoms with E-state index in [0.29, 0.717) is 12.1 Å². The number of aryl methyl sites for hydroxylation is 2. The molecule has 1 aliphatic heterocycles. The zero-order chi connectivity index (χ0) is 13.4. The maximum Gasteiger partial charge on any atom is 0.261 e. The van der Waals surface area contributed by atoms with Gasteiger partial charge in [-0.2, -0.15) is 0 Å². The topological polar surface area (TPSA) is 33.5 Å². The van der Waals surface area contributed by atoms with Gasteiger partial charge in [-0.1, -0.05) is 0 Å². The van der Waals surface area contributed by atoms with E-state index in [9.17, 15) is 9.18 Å². The van der Waals surface area contributed by atoms with Crippen LogP contribution in [-0.4, -0.2) is 12.5 Å². The van der Waals surface area contributed by atoms with E-state index in [-0.39, 0.29) is 11.7 Å². The van der Waals surface area contributed by atoms with Crippen molar-refractivity contribution in [1.82, 2.24) is 0 Å². The maximum atomic E-state index is 13.4. The number of nitrogens with zero attached hydrogens (tertiary/aromatic N) is 1. The summed E-state index contributed by atoms with van der Waals surface area (Å²) in [7, 11) is 0. The molecule has 0 atom stereocenters. The summed E-state index contributed by atoms with van der Waals surface area (Å²) in [5.74, 6) is -0.335. The molecule has 0 N–H and O–H groups in total. The number of halogens is 1. The van der Waals surface area contributed by atoms with E-state index in [1.165, 1.54) is 24.7 Å². The molecule has 0 spiro atoms. The van der Waals surface area contributed by atoms with Gasteiger partial charge in [0.15, 0.2) is 0 Å². The van der Waals surface area contributed by atoms with Gasteiger partial charge in [0.2, 0.25) is 0 Å². The summed E-state index contributed by atoms with van der Waals surface area (Å²) in [6, 6.07) is 4.65. The second-order valence-electron chi connectivity index (χ2n) is 4.80. The number of carbonyl (C=O) groups is 1. The minimum Gasteiger partial charge on any atom is -0.472 e. The number of rotatable bonds is 1. The Morgan fingerprint density at radius 3 is 3.00 bits per heavy atom. The SMILES string of the molecule is Cc1cc(F)cc2c1N(C(=O)c1ccoc1)CCC2. The van der Waals surface area contributed by atoms with Crippen LogP contribution in [0.5, 0.6) is 0 Å². The van der Waals surface area contributed by atoms with Crippen LogP contribution in [0.4, 0.5) is 10.1 Å². The molecule has 1 aliphatic rings. The van der Waals surface area contributed by atoms with Crippen molar-refractivity contribution in [1.29, 1.82) is 0 Å². The van der Waals surface area contributed by atoms with Crippen molar-refractivity contribution < 1.29 is 13.6 Å². The van der Waals surface area contributed by atoms with Gasteiger partial charge in [-0.25, -0.2) is 4.39 Å². The molecule has 0 saturated heterocycles. The van der Waals surface area contributed by atoms with Gasteiger partial charge in [0, 0.05) is 6.54 Å². The number of hydrogen-bond acceptors (Lipinski definition) is 2. The quantitative estimate of drug-likeness (QED) is 0.787. The van der Waals surface area contributed by atoms with Crippen molar-refractivity contribution in [2.75, 3.05) is 11.4 Å². The summed E-state index contributed by atoms with van der Waals surface area (Å²) < 4.78 is 18.4. The van der Waals surface area contributed by atoms with Gasteiger partial charge in [0.1, 0.15) is 12.1 Å². The van der Waals surface area contributed by atoms with Crippen molar-refractivity contribution in [3.63, 3.8) is 0 Å². The molecule has 1 amide bonds. The first-order valence-corrected chi connectivity index (χ1v) is 6.30. The maximum absolute atomic E-state index is 13.4. The van der Waals surface area contributed by atoms with Crippen LogP contribution in [0.3, 0.4) is 0 Å². The number of fused-ring (bicyclic) bond motifs is 1. The highest BCUT2D eigenvalue weighted by Gasteiger charge is 2.26. The fourth-order valence-corrected chi connectivity index (χ4v) is 2.67. The van der Waals surface area contributed by atoms with Gasteiger partial charge < -0.3 is 9.32 Å². The zero-order valence-corrected chi connectivity index (χ0v) is 10.6. The Hall–Kier alpha value is -2.10. The second kappa shape index (κ2) is 4.53. The van der Waals surface area contributed by atoms with Crippen LogP contribution in [-0.2, 0) is 6.42 Å². The molecule has 1 aromatic carbocycles. The van der Waals surface area contributed by atoms with Crippen LogP contribution < -0.4 is 4.90 Å². The predicted molar refractivity (Wildman–Crippen MR) is 69.8 cm³/mol. The van der Waals surface area contributed by atoms with Crippen LogP contribution in [0, 0.1) is 12.7 Å². The Balaban J connectivity index is 2.05. The molecule has 0 aliphatic carbocycles. The van der Waals surface area contributed by atoms with E-state index in [4.69, 9.17) is 4.42 Å². The smallest absolute Gasteiger partial charge is 0.261 e. The van der Waals surface area contributed by atoms with Gasteiger partial charge in [0.05, 0.1) is 17.5 Å². The zero-order valence-electron chi connectivity index (χ0n) is 10.6. The first kappa shape index (κ1) is 12.0. The highest BCUT2D eigenvalue weighted by molar-refractivity contribution is 6.06. The molecular formula is C15H14FNO2. The number of benzene rings is 1. The van der Waals surface area contributed by atoms with E-state index in [2.05, 4.69) is 0 Å². The minimum absolute atomic E-state index is 0.0931. The second-order valence-corrected chi connectivity index (χ2v) is 4.80. The fraction of sp³-hybridized carbons (Fsp3) is 0.267. The lowest BCUT2D eigenvalue weighted by atomic mass is 9.97. The Bertz CT molecular complexity index is 619. The Morgan fingerprint density at radius 2 is 2.26 bits per heavy atom.